The van der Waals surface area contributed by atoms with Crippen LogP contribution < -0.4 is 25.6 Å². The van der Waals surface area contributed by atoms with Gasteiger partial charge in [-0.15, -0.1) is 11.6 Å². The molecule has 0 fully saturated rings. The number of carbonyl (C=O) groups excluding carboxylic acids is 8. The van der Waals surface area contributed by atoms with Crippen molar-refractivity contribution in [1.82, 2.24) is 34.3 Å². The average molecular weight is 1100 g/mol. The van der Waals surface area contributed by atoms with Gasteiger partial charge in [-0.25, -0.2) is 14.6 Å². The van der Waals surface area contributed by atoms with Gasteiger partial charge in [0.05, 0.1) is 17.4 Å². The number of ether oxygens (including phenoxy) is 2. The zero-order valence-electron chi connectivity index (χ0n) is 44.7. The van der Waals surface area contributed by atoms with Gasteiger partial charge in [-0.3, -0.25) is 38.6 Å². The maximum Gasteiger partial charge on any atom is 0.415 e. The number of hydrogen-bond donors (Lipinski definition) is 4. The number of hydrogen-bond acceptors (Lipinski definition) is 13. The van der Waals surface area contributed by atoms with Gasteiger partial charge < -0.3 is 49.6 Å². The van der Waals surface area contributed by atoms with Gasteiger partial charge in [0.25, 0.3) is 23.6 Å². The second-order valence-electron chi connectivity index (χ2n) is 19.9. The number of nitrogens with one attached hydrogen (secondary N) is 3. The third-order valence-electron chi connectivity index (χ3n) is 13.7. The van der Waals surface area contributed by atoms with Crippen LogP contribution in [0.3, 0.4) is 0 Å². The Hall–Kier alpha value is -8.82. The second-order valence-corrected chi connectivity index (χ2v) is 20.3. The van der Waals surface area contributed by atoms with Crippen molar-refractivity contribution < 1.29 is 52.9 Å². The number of phenols is 1. The number of imidazole rings is 1. The maximum absolute atomic E-state index is 14.6. The second kappa shape index (κ2) is 24.2. The van der Waals surface area contributed by atoms with E-state index in [1.165, 1.54) is 41.1 Å². The Labute approximate surface area is 460 Å². The zero-order chi connectivity index (χ0) is 56.8. The highest BCUT2D eigenvalue weighted by Gasteiger charge is 2.37. The molecule has 3 atom stereocenters. The summed E-state index contributed by atoms with van der Waals surface area (Å²) in [5.41, 5.74) is 4.43. The van der Waals surface area contributed by atoms with Crippen molar-refractivity contribution in [1.29, 1.82) is 0 Å². The first-order valence-electron chi connectivity index (χ1n) is 25.5. The summed E-state index contributed by atoms with van der Waals surface area (Å²) in [7, 11) is 5.10. The van der Waals surface area contributed by atoms with Gasteiger partial charge in [0.15, 0.2) is 0 Å². The molecule has 8 amide bonds. The number of benzene rings is 4. The predicted molar refractivity (Wildman–Crippen MR) is 296 cm³/mol. The minimum absolute atomic E-state index is 0.0258. The number of fused-ring (bicyclic) bond motifs is 4. The molecule has 4 heterocycles. The van der Waals surface area contributed by atoms with Gasteiger partial charge in [-0.05, 0) is 104 Å². The van der Waals surface area contributed by atoms with Crippen molar-refractivity contribution >= 4 is 92.7 Å². The number of halogens is 1. The van der Waals surface area contributed by atoms with Crippen LogP contribution in [0.25, 0.3) is 16.4 Å². The third-order valence-corrected chi connectivity index (χ3v) is 14.1. The number of amides is 8. The van der Waals surface area contributed by atoms with E-state index < -0.39 is 53.8 Å². The molecule has 4 aromatic carbocycles. The number of anilines is 3. The molecule has 0 radical (unpaired) electrons. The molecule has 0 saturated heterocycles. The van der Waals surface area contributed by atoms with Crippen LogP contribution in [0, 0.1) is 12.8 Å². The molecule has 21 nitrogen and oxygen atoms in total. The van der Waals surface area contributed by atoms with Crippen molar-refractivity contribution in [3.8, 4) is 11.5 Å². The Morgan fingerprint density at radius 2 is 1.52 bits per heavy atom. The molecule has 22 heteroatoms. The van der Waals surface area contributed by atoms with Crippen molar-refractivity contribution in [3.05, 3.63) is 137 Å². The van der Waals surface area contributed by atoms with Crippen LogP contribution >= 0.6 is 11.6 Å². The minimum atomic E-state index is -0.868. The van der Waals surface area contributed by atoms with Crippen LogP contribution in [0.15, 0.2) is 109 Å². The molecule has 1 unspecified atom stereocenters. The first-order valence-corrected chi connectivity index (χ1v) is 26.0. The van der Waals surface area contributed by atoms with Crippen molar-refractivity contribution in [2.24, 2.45) is 5.92 Å². The molecule has 2 aliphatic heterocycles. The SMILES string of the molecule is Cc1cccc2c(OC(=O)N(CCN(C)C(=O)OCc3ccc(NC(=O)[C@H](C)NC(=O)C(C(C)C)N(C)C)cc3)CCN3C(=O)C=CC3=O)cc3c(c12)[C@H](CCl)CN3C(=O)c1cn2cc(NC(=O)c3ccc(O)cc3)ccc2n1. The average Bonchev–Trinajstić information content (AvgIpc) is 4.29. The van der Waals surface area contributed by atoms with Gasteiger partial charge in [0.2, 0.25) is 11.8 Å². The number of alkyl halides is 1. The van der Waals surface area contributed by atoms with Gasteiger partial charge >= 0.3 is 12.2 Å². The van der Waals surface area contributed by atoms with Crippen molar-refractivity contribution in [3.63, 3.8) is 0 Å². The van der Waals surface area contributed by atoms with Crippen molar-refractivity contribution in [2.45, 2.75) is 52.3 Å². The van der Waals surface area contributed by atoms with Gasteiger partial charge in [0.1, 0.15) is 35.5 Å². The minimum Gasteiger partial charge on any atom is -0.508 e. The van der Waals surface area contributed by atoms with Gasteiger partial charge in [0, 0.05) is 98.8 Å². The number of pyridine rings is 1. The van der Waals surface area contributed by atoms with E-state index in [1.807, 2.05) is 32.9 Å². The molecule has 4 N–H and O–H groups in total. The normalized spacial score (nSPS) is 14.6. The molecule has 0 bridgehead atoms. The van der Waals surface area contributed by atoms with Crippen LogP contribution in [-0.4, -0.2) is 154 Å². The number of nitrogens with zero attached hydrogens (tertiary/aromatic N) is 7. The van der Waals surface area contributed by atoms with Crippen LogP contribution in [0.2, 0.25) is 0 Å². The quantitative estimate of drug-likeness (QED) is 0.0485. The fourth-order valence-electron chi connectivity index (χ4n) is 9.59. The summed E-state index contributed by atoms with van der Waals surface area (Å²) in [5, 5.41) is 19.3. The van der Waals surface area contributed by atoms with E-state index in [0.29, 0.717) is 39.2 Å². The predicted octanol–water partition coefficient (Wildman–Crippen LogP) is 6.76. The van der Waals surface area contributed by atoms with Gasteiger partial charge in [-0.1, -0.05) is 44.2 Å². The van der Waals surface area contributed by atoms with Crippen LogP contribution in [0.4, 0.5) is 26.7 Å². The molecule has 0 spiro atoms. The number of imide groups is 1. The standard InChI is InChI=1S/C57H61ClN10O11/c1-33(2)51(63(5)6)54(74)59-35(4)52(72)60-39-15-11-36(12-16-39)32-78-56(76)64(7)23-24-65(25-26-67-47(70)21-22-48(67)71)57(77)79-45-27-44-50(49-34(3)9-8-10-42(45)49)38(28-58)29-68(44)55(75)43-31-66-30-40(17-20-46(66)62-43)61-53(73)37-13-18-41(69)19-14-37/h8-22,27,30-31,33,35,38,51,69H,23-26,28-29,32H2,1-7H3,(H,59,74)(H,60,72)(H,61,73)/t35-,38+,51?/m0/s1. The number of aryl methyl sites for hydroxylation is 1. The Morgan fingerprint density at radius 1 is 0.823 bits per heavy atom. The Kier molecular flexibility index (Phi) is 17.3. The van der Waals surface area contributed by atoms with E-state index >= 15 is 0 Å². The monoisotopic (exact) mass is 1100 g/mol. The summed E-state index contributed by atoms with van der Waals surface area (Å²) in [6.07, 6.45) is 3.86. The molecule has 2 aliphatic rings. The van der Waals surface area contributed by atoms with Crippen LogP contribution in [-0.2, 0) is 30.5 Å². The van der Waals surface area contributed by atoms with E-state index in [-0.39, 0.29) is 80.1 Å². The lowest BCUT2D eigenvalue weighted by molar-refractivity contribution is -0.137. The highest BCUT2D eigenvalue weighted by Crippen LogP contribution is 2.47. The zero-order valence-corrected chi connectivity index (χ0v) is 45.4. The molecule has 79 heavy (non-hydrogen) atoms. The van der Waals surface area contributed by atoms with Gasteiger partial charge in [-0.2, -0.15) is 0 Å². The first-order chi connectivity index (χ1) is 37.7. The number of aromatic nitrogens is 2. The molecule has 0 saturated carbocycles. The molecule has 8 rings (SSSR count). The summed E-state index contributed by atoms with van der Waals surface area (Å²) in [5.74, 6) is -2.62. The molecular weight excluding hydrogens is 1040 g/mol. The van der Waals surface area contributed by atoms with E-state index in [4.69, 9.17) is 21.1 Å². The summed E-state index contributed by atoms with van der Waals surface area (Å²) >= 11 is 6.63. The summed E-state index contributed by atoms with van der Waals surface area (Å²) < 4.78 is 13.4. The number of phenolic OH excluding ortho intramolecular Hbond substituents is 1. The molecule has 2 aromatic heterocycles. The van der Waals surface area contributed by atoms with Crippen molar-refractivity contribution in [2.75, 3.05) is 75.3 Å². The Morgan fingerprint density at radius 3 is 2.19 bits per heavy atom. The van der Waals surface area contributed by atoms with Crippen LogP contribution in [0.1, 0.15) is 64.2 Å². The summed E-state index contributed by atoms with van der Waals surface area (Å²) in [4.78, 5) is 118. The van der Waals surface area contributed by atoms with E-state index in [1.54, 1.807) is 96.1 Å². The topological polar surface area (TPSA) is 245 Å². The number of carbonyl (C=O) groups is 8. The molecule has 0 aliphatic carbocycles. The number of aromatic hydroxyl groups is 1. The summed E-state index contributed by atoms with van der Waals surface area (Å²) in [6, 6.07) is 21.7. The van der Waals surface area contributed by atoms with E-state index in [0.717, 1.165) is 33.6 Å². The number of likely N-dealkylation sites (N-methyl/N-ethyl adjacent to an activating group) is 2. The lowest BCUT2D eigenvalue weighted by Crippen LogP contribution is -2.51. The Bertz CT molecular complexity index is 3350. The maximum atomic E-state index is 14.6. The lowest BCUT2D eigenvalue weighted by atomic mass is 9.92. The Balaban J connectivity index is 0.956. The highest BCUT2D eigenvalue weighted by atomic mass is 35.5. The summed E-state index contributed by atoms with van der Waals surface area (Å²) in [6.45, 7) is 6.89. The molecular formula is C57H61ClN10O11. The fourth-order valence-corrected chi connectivity index (χ4v) is 9.84. The molecule has 6 aromatic rings. The van der Waals surface area contributed by atoms with E-state index in [9.17, 15) is 43.5 Å². The largest absolute Gasteiger partial charge is 0.508 e. The first kappa shape index (κ1) is 56.4. The van der Waals surface area contributed by atoms with Crippen LogP contribution in [0.5, 0.6) is 11.5 Å². The number of rotatable bonds is 19. The third kappa shape index (κ3) is 12.8. The highest BCUT2D eigenvalue weighted by molar-refractivity contribution is 6.19. The fraction of sp³-hybridized carbons (Fsp3) is 0.316. The smallest absolute Gasteiger partial charge is 0.415 e. The van der Waals surface area contributed by atoms with E-state index in [2.05, 4.69) is 20.9 Å². The lowest BCUT2D eigenvalue weighted by Gasteiger charge is -2.28. The molecule has 412 valence electrons.